The number of nitrogens with one attached hydrogen (secondary N) is 1. The quantitative estimate of drug-likeness (QED) is 0.344. The summed E-state index contributed by atoms with van der Waals surface area (Å²) in [6, 6.07) is 2.55. The van der Waals surface area contributed by atoms with Crippen LogP contribution in [-0.2, 0) is 30.3 Å². The van der Waals surface area contributed by atoms with Crippen LogP contribution in [0.3, 0.4) is 0 Å². The molecule has 168 valence electrons. The minimum Gasteiger partial charge on any atom is -0.507 e. The molecule has 2 unspecified atom stereocenters. The first-order valence-electron chi connectivity index (χ1n) is 9.89. The molecule has 0 bridgehead atoms. The third-order valence-corrected chi connectivity index (χ3v) is 6.71. The molecule has 0 aliphatic heterocycles. The van der Waals surface area contributed by atoms with E-state index in [1.807, 2.05) is 0 Å². The molecule has 4 rings (SSSR count). The monoisotopic (exact) mass is 444 g/mol. The Labute approximate surface area is 180 Å². The molecule has 5 N–H and O–H groups in total. The van der Waals surface area contributed by atoms with Gasteiger partial charge in [0.05, 0.1) is 18.6 Å². The van der Waals surface area contributed by atoms with Crippen molar-refractivity contribution >= 4 is 40.8 Å². The van der Waals surface area contributed by atoms with Crippen molar-refractivity contribution in [2.45, 2.75) is 24.9 Å². The summed E-state index contributed by atoms with van der Waals surface area (Å²) in [5.41, 5.74) is 2.72. The smallest absolute Gasteiger partial charge is 0.411 e. The number of primary amides is 1. The molecule has 3 aliphatic carbocycles. The van der Waals surface area contributed by atoms with E-state index in [1.165, 1.54) is 12.1 Å². The van der Waals surface area contributed by atoms with Gasteiger partial charge in [0.15, 0.2) is 34.7 Å². The highest BCUT2D eigenvalue weighted by Crippen LogP contribution is 2.50. The van der Waals surface area contributed by atoms with Crippen molar-refractivity contribution < 1.29 is 43.7 Å². The van der Waals surface area contributed by atoms with Crippen LogP contribution in [0, 0.1) is 23.7 Å². The van der Waals surface area contributed by atoms with E-state index in [2.05, 4.69) is 10.1 Å². The maximum absolute atomic E-state index is 13.3. The second-order valence-corrected chi connectivity index (χ2v) is 8.34. The number of nitrogens with two attached hydrogens (primary N) is 1. The molecule has 0 heterocycles. The fourth-order valence-corrected chi connectivity index (χ4v) is 5.25. The Morgan fingerprint density at radius 3 is 2.47 bits per heavy atom. The van der Waals surface area contributed by atoms with E-state index in [0.29, 0.717) is 0 Å². The second kappa shape index (κ2) is 7.23. The van der Waals surface area contributed by atoms with E-state index < -0.39 is 76.6 Å². The summed E-state index contributed by atoms with van der Waals surface area (Å²) < 4.78 is 4.57. The summed E-state index contributed by atoms with van der Waals surface area (Å²) in [6.07, 6.45) is -1.20. The summed E-state index contributed by atoms with van der Waals surface area (Å²) in [5.74, 6) is -10.9. The predicted molar refractivity (Wildman–Crippen MR) is 105 cm³/mol. The zero-order chi connectivity index (χ0) is 23.5. The number of phenolic OH excluding ortho intramolecular Hbond substituents is 1. The van der Waals surface area contributed by atoms with Crippen LogP contribution in [0.25, 0.3) is 0 Å². The summed E-state index contributed by atoms with van der Waals surface area (Å²) >= 11 is 0. The van der Waals surface area contributed by atoms with E-state index >= 15 is 0 Å². The molecule has 2 fully saturated rings. The standard InChI is InChI=1S/C21H20N2O9/c1-32-20(30)23-10-2-3-11(24)14-9(10)5-7-4-8-6-12(25)15(19(22)29)18(28)21(8,31)17(27)13(7)16(14)26/h2-3,7-8,13,15,24,31H,4-6H2,1H3,(H2,22,29)(H,23,30)/t7-,8+,13?,15?,21+/m1/s1. The van der Waals surface area contributed by atoms with Crippen LogP contribution in [0.1, 0.15) is 28.8 Å². The highest BCUT2D eigenvalue weighted by Gasteiger charge is 2.66. The molecule has 11 nitrogen and oxygen atoms in total. The number of amides is 2. The van der Waals surface area contributed by atoms with E-state index in [9.17, 15) is 39.0 Å². The van der Waals surface area contributed by atoms with Gasteiger partial charge in [-0.25, -0.2) is 4.79 Å². The molecule has 3 aliphatic rings. The first-order valence-corrected chi connectivity index (χ1v) is 9.89. The van der Waals surface area contributed by atoms with Gasteiger partial charge >= 0.3 is 6.09 Å². The number of rotatable bonds is 2. The van der Waals surface area contributed by atoms with Crippen molar-refractivity contribution in [1.29, 1.82) is 0 Å². The number of aliphatic hydroxyl groups is 1. The van der Waals surface area contributed by atoms with Crippen LogP contribution < -0.4 is 11.1 Å². The van der Waals surface area contributed by atoms with E-state index in [-0.39, 0.29) is 29.7 Å². The molecule has 2 amide bonds. The largest absolute Gasteiger partial charge is 0.507 e. The van der Waals surface area contributed by atoms with E-state index in [1.54, 1.807) is 0 Å². The lowest BCUT2D eigenvalue weighted by Crippen LogP contribution is -2.68. The molecular weight excluding hydrogens is 424 g/mol. The van der Waals surface area contributed by atoms with Crippen LogP contribution in [0.2, 0.25) is 0 Å². The zero-order valence-corrected chi connectivity index (χ0v) is 16.9. The number of hydrogen-bond acceptors (Lipinski definition) is 9. The maximum atomic E-state index is 13.3. The Morgan fingerprint density at radius 1 is 1.16 bits per heavy atom. The minimum atomic E-state index is -2.70. The van der Waals surface area contributed by atoms with Gasteiger partial charge in [-0.15, -0.1) is 0 Å². The molecule has 0 saturated heterocycles. The van der Waals surface area contributed by atoms with Gasteiger partial charge in [0.25, 0.3) is 0 Å². The Morgan fingerprint density at radius 2 is 1.84 bits per heavy atom. The van der Waals surface area contributed by atoms with Crippen molar-refractivity contribution in [3.63, 3.8) is 0 Å². The Hall–Kier alpha value is -3.60. The molecule has 2 saturated carbocycles. The lowest BCUT2D eigenvalue weighted by Gasteiger charge is -2.48. The number of carbonyl (C=O) groups excluding carboxylic acids is 6. The fraction of sp³-hybridized carbons (Fsp3) is 0.429. The Bertz CT molecular complexity index is 1110. The summed E-state index contributed by atoms with van der Waals surface area (Å²) in [7, 11) is 1.15. The highest BCUT2D eigenvalue weighted by molar-refractivity contribution is 6.31. The van der Waals surface area contributed by atoms with Crippen molar-refractivity contribution in [3.05, 3.63) is 23.3 Å². The molecule has 1 aromatic carbocycles. The average Bonchev–Trinajstić information content (AvgIpc) is 2.72. The number of fused-ring (bicyclic) bond motifs is 3. The molecule has 11 heteroatoms. The number of anilines is 1. The first kappa shape index (κ1) is 21.6. The van der Waals surface area contributed by atoms with Gasteiger partial charge in [0.2, 0.25) is 5.91 Å². The SMILES string of the molecule is COC(=O)Nc1ccc(O)c2c1C[C@H]1C[C@H]3CC(=O)C(C(N)=O)C(=O)[C@@]3(O)C(=O)C1C2=O. The van der Waals surface area contributed by atoms with Gasteiger partial charge in [0.1, 0.15) is 5.75 Å². The minimum absolute atomic E-state index is 0.0334. The van der Waals surface area contributed by atoms with Gasteiger partial charge in [-0.2, -0.15) is 0 Å². The zero-order valence-electron chi connectivity index (χ0n) is 16.9. The fourth-order valence-electron chi connectivity index (χ4n) is 5.25. The molecule has 0 radical (unpaired) electrons. The molecule has 32 heavy (non-hydrogen) atoms. The molecule has 0 aromatic heterocycles. The third-order valence-electron chi connectivity index (χ3n) is 6.71. The van der Waals surface area contributed by atoms with Crippen molar-refractivity contribution in [1.82, 2.24) is 0 Å². The molecular formula is C21H20N2O9. The first-order chi connectivity index (χ1) is 15.0. The Kier molecular flexibility index (Phi) is 4.88. The van der Waals surface area contributed by atoms with Crippen LogP contribution in [0.5, 0.6) is 5.75 Å². The lowest BCUT2D eigenvalue weighted by molar-refractivity contribution is -0.175. The number of Topliss-reactive ketones (excluding diaryl/α,β-unsaturated/α-hetero) is 4. The number of phenols is 1. The molecule has 1 aromatic rings. The van der Waals surface area contributed by atoms with Gasteiger partial charge in [0, 0.05) is 18.0 Å². The number of hydrogen-bond donors (Lipinski definition) is 4. The topological polar surface area (TPSA) is 190 Å². The Balaban J connectivity index is 1.79. The number of methoxy groups -OCH3 is 1. The van der Waals surface area contributed by atoms with Crippen molar-refractivity contribution in [2.24, 2.45) is 29.4 Å². The lowest BCUT2D eigenvalue weighted by atomic mass is 9.54. The highest BCUT2D eigenvalue weighted by atomic mass is 16.5. The van der Waals surface area contributed by atoms with E-state index in [4.69, 9.17) is 5.73 Å². The second-order valence-electron chi connectivity index (χ2n) is 8.34. The number of carbonyl (C=O) groups is 6. The average molecular weight is 444 g/mol. The maximum Gasteiger partial charge on any atom is 0.411 e. The van der Waals surface area contributed by atoms with Gasteiger partial charge in [-0.3, -0.25) is 29.3 Å². The number of aromatic hydroxyl groups is 1. The summed E-state index contributed by atoms with van der Waals surface area (Å²) in [6.45, 7) is 0. The number of ether oxygens (including phenoxy) is 1. The van der Waals surface area contributed by atoms with Crippen LogP contribution in [0.15, 0.2) is 12.1 Å². The van der Waals surface area contributed by atoms with Crippen molar-refractivity contribution in [3.8, 4) is 5.75 Å². The number of ketones is 4. The van der Waals surface area contributed by atoms with Gasteiger partial charge < -0.3 is 20.7 Å². The molecule has 5 atom stereocenters. The van der Waals surface area contributed by atoms with Crippen LogP contribution in [-0.4, -0.2) is 58.1 Å². The normalized spacial score (nSPS) is 31.3. The van der Waals surface area contributed by atoms with E-state index in [0.717, 1.165) is 7.11 Å². The van der Waals surface area contributed by atoms with Crippen LogP contribution in [0.4, 0.5) is 10.5 Å². The number of benzene rings is 1. The predicted octanol–water partition coefficient (Wildman–Crippen LogP) is -0.495. The summed E-state index contributed by atoms with van der Waals surface area (Å²) in [4.78, 5) is 75.0. The van der Waals surface area contributed by atoms with Gasteiger partial charge in [-0.1, -0.05) is 0 Å². The van der Waals surface area contributed by atoms with Crippen LogP contribution >= 0.6 is 0 Å². The van der Waals surface area contributed by atoms with Crippen molar-refractivity contribution in [2.75, 3.05) is 12.4 Å². The third kappa shape index (κ3) is 2.84. The van der Waals surface area contributed by atoms with Gasteiger partial charge in [-0.05, 0) is 36.5 Å². The molecule has 0 spiro atoms. The summed E-state index contributed by atoms with van der Waals surface area (Å²) in [5, 5.41) is 23.9.